The molecule has 1 aromatic rings. The molecule has 96 valence electrons. The highest BCUT2D eigenvalue weighted by molar-refractivity contribution is 5.86. The lowest BCUT2D eigenvalue weighted by molar-refractivity contribution is 0.0562. The van der Waals surface area contributed by atoms with Crippen LogP contribution in [0.2, 0.25) is 0 Å². The molecule has 0 fully saturated rings. The summed E-state index contributed by atoms with van der Waals surface area (Å²) in [5.74, 6) is 0.558. The van der Waals surface area contributed by atoms with Gasteiger partial charge in [0.2, 0.25) is 5.76 Å². The third kappa shape index (κ3) is 3.60. The van der Waals surface area contributed by atoms with Gasteiger partial charge in [0.05, 0.1) is 13.7 Å². The van der Waals surface area contributed by atoms with E-state index in [1.807, 2.05) is 0 Å². The van der Waals surface area contributed by atoms with Crippen molar-refractivity contribution in [3.05, 3.63) is 23.7 Å². The number of rotatable bonds is 6. The van der Waals surface area contributed by atoms with E-state index >= 15 is 0 Å². The molecule has 0 radical (unpaired) electrons. The average molecular weight is 239 g/mol. The molecule has 4 nitrogen and oxygen atoms in total. The number of carbonyl (C=O) groups is 1. The van der Waals surface area contributed by atoms with E-state index in [-0.39, 0.29) is 11.3 Å². The lowest BCUT2D eigenvalue weighted by Crippen LogP contribution is -2.40. The fraction of sp³-hybridized carbons (Fsp3) is 0.615. The monoisotopic (exact) mass is 239 g/mol. The SMILES string of the molecule is CCC(C)(CC)NCc1ccc(C(=O)OC)o1. The molecule has 0 saturated heterocycles. The zero-order valence-corrected chi connectivity index (χ0v) is 11.0. The Morgan fingerprint density at radius 1 is 1.41 bits per heavy atom. The molecule has 4 heteroatoms. The maximum absolute atomic E-state index is 11.2. The van der Waals surface area contributed by atoms with Crippen LogP contribution in [0.4, 0.5) is 0 Å². The van der Waals surface area contributed by atoms with Gasteiger partial charge in [-0.25, -0.2) is 4.79 Å². The van der Waals surface area contributed by atoms with Crippen LogP contribution in [-0.2, 0) is 11.3 Å². The van der Waals surface area contributed by atoms with E-state index in [9.17, 15) is 4.79 Å². The van der Waals surface area contributed by atoms with Gasteiger partial charge in [0.25, 0.3) is 0 Å². The van der Waals surface area contributed by atoms with Crippen molar-refractivity contribution in [1.82, 2.24) is 5.32 Å². The van der Waals surface area contributed by atoms with E-state index in [4.69, 9.17) is 4.42 Å². The lowest BCUT2D eigenvalue weighted by Gasteiger charge is -2.27. The van der Waals surface area contributed by atoms with Crippen LogP contribution >= 0.6 is 0 Å². The summed E-state index contributed by atoms with van der Waals surface area (Å²) in [5.41, 5.74) is 0.109. The third-order valence-electron chi connectivity index (χ3n) is 3.30. The Morgan fingerprint density at radius 2 is 2.06 bits per heavy atom. The summed E-state index contributed by atoms with van der Waals surface area (Å²) in [6.45, 7) is 7.10. The number of esters is 1. The number of nitrogens with one attached hydrogen (secondary N) is 1. The highest BCUT2D eigenvalue weighted by atomic mass is 16.5. The minimum Gasteiger partial charge on any atom is -0.463 e. The minimum atomic E-state index is -0.440. The van der Waals surface area contributed by atoms with Crippen LogP contribution in [0.1, 0.15) is 49.9 Å². The Hall–Kier alpha value is -1.29. The van der Waals surface area contributed by atoms with Gasteiger partial charge in [-0.15, -0.1) is 0 Å². The third-order valence-corrected chi connectivity index (χ3v) is 3.30. The van der Waals surface area contributed by atoms with Gasteiger partial charge < -0.3 is 14.5 Å². The van der Waals surface area contributed by atoms with Crippen molar-refractivity contribution in [2.75, 3.05) is 7.11 Å². The molecule has 1 rings (SSSR count). The zero-order valence-electron chi connectivity index (χ0n) is 11.0. The van der Waals surface area contributed by atoms with Crippen LogP contribution in [0, 0.1) is 0 Å². The Bertz CT molecular complexity index is 366. The van der Waals surface area contributed by atoms with Crippen molar-refractivity contribution in [3.63, 3.8) is 0 Å². The van der Waals surface area contributed by atoms with Crippen molar-refractivity contribution in [2.24, 2.45) is 0 Å². The Morgan fingerprint density at radius 3 is 2.59 bits per heavy atom. The fourth-order valence-corrected chi connectivity index (χ4v) is 1.48. The van der Waals surface area contributed by atoms with Gasteiger partial charge >= 0.3 is 5.97 Å². The summed E-state index contributed by atoms with van der Waals surface area (Å²) in [7, 11) is 1.34. The molecule has 0 aliphatic carbocycles. The molecule has 0 atom stereocenters. The summed E-state index contributed by atoms with van der Waals surface area (Å²) < 4.78 is 9.97. The van der Waals surface area contributed by atoms with Gasteiger partial charge in [-0.1, -0.05) is 13.8 Å². The molecule has 0 aromatic carbocycles. The molecule has 0 bridgehead atoms. The number of carbonyl (C=O) groups excluding carboxylic acids is 1. The molecular weight excluding hydrogens is 218 g/mol. The summed E-state index contributed by atoms with van der Waals surface area (Å²) in [6.07, 6.45) is 2.10. The first-order valence-corrected chi connectivity index (χ1v) is 5.96. The predicted molar refractivity (Wildman–Crippen MR) is 65.9 cm³/mol. The molecule has 1 heterocycles. The molecule has 1 aromatic heterocycles. The van der Waals surface area contributed by atoms with Crippen LogP contribution in [-0.4, -0.2) is 18.6 Å². The van der Waals surface area contributed by atoms with Gasteiger partial charge in [-0.2, -0.15) is 0 Å². The van der Waals surface area contributed by atoms with Crippen LogP contribution in [0.5, 0.6) is 0 Å². The van der Waals surface area contributed by atoms with Crippen LogP contribution < -0.4 is 5.32 Å². The largest absolute Gasteiger partial charge is 0.463 e. The molecular formula is C13H21NO3. The van der Waals surface area contributed by atoms with Crippen molar-refractivity contribution in [3.8, 4) is 0 Å². The van der Waals surface area contributed by atoms with Crippen molar-refractivity contribution >= 4 is 5.97 Å². The Balaban J connectivity index is 2.58. The van der Waals surface area contributed by atoms with Crippen molar-refractivity contribution in [1.29, 1.82) is 0 Å². The molecule has 17 heavy (non-hydrogen) atoms. The van der Waals surface area contributed by atoms with Crippen LogP contribution in [0.15, 0.2) is 16.5 Å². The number of methoxy groups -OCH3 is 1. The molecule has 0 unspecified atom stereocenters. The molecule has 0 amide bonds. The van der Waals surface area contributed by atoms with Gasteiger partial charge in [-0.05, 0) is 31.9 Å². The normalized spacial score (nSPS) is 11.5. The summed E-state index contributed by atoms with van der Waals surface area (Å²) >= 11 is 0. The second-order valence-electron chi connectivity index (χ2n) is 4.38. The van der Waals surface area contributed by atoms with E-state index in [2.05, 4.69) is 30.8 Å². The second-order valence-corrected chi connectivity index (χ2v) is 4.38. The Labute approximate surface area is 102 Å². The molecule has 0 saturated carbocycles. The molecule has 0 aliphatic heterocycles. The van der Waals surface area contributed by atoms with Crippen LogP contribution in [0.25, 0.3) is 0 Å². The standard InChI is InChI=1S/C13H21NO3/c1-5-13(3,6-2)14-9-10-7-8-11(17-10)12(15)16-4/h7-8,14H,5-6,9H2,1-4H3. The van der Waals surface area contributed by atoms with E-state index in [0.717, 1.165) is 18.6 Å². The summed E-state index contributed by atoms with van der Waals surface area (Å²) in [4.78, 5) is 11.2. The second kappa shape index (κ2) is 5.87. The maximum atomic E-state index is 11.2. The summed E-state index contributed by atoms with van der Waals surface area (Å²) in [5, 5.41) is 3.44. The lowest BCUT2D eigenvalue weighted by atomic mass is 9.95. The number of furan rings is 1. The van der Waals surface area contributed by atoms with Gasteiger partial charge in [0.1, 0.15) is 5.76 Å². The van der Waals surface area contributed by atoms with E-state index in [1.54, 1.807) is 12.1 Å². The topological polar surface area (TPSA) is 51.5 Å². The van der Waals surface area contributed by atoms with Gasteiger partial charge in [0, 0.05) is 5.54 Å². The first-order chi connectivity index (χ1) is 8.04. The highest BCUT2D eigenvalue weighted by Crippen LogP contribution is 2.16. The molecule has 1 N–H and O–H groups in total. The number of hydrogen-bond donors (Lipinski definition) is 1. The summed E-state index contributed by atoms with van der Waals surface area (Å²) in [6, 6.07) is 3.43. The van der Waals surface area contributed by atoms with Crippen molar-refractivity contribution in [2.45, 2.75) is 45.7 Å². The Kier molecular flexibility index (Phi) is 4.75. The smallest absolute Gasteiger partial charge is 0.373 e. The number of hydrogen-bond acceptors (Lipinski definition) is 4. The molecule has 0 spiro atoms. The average Bonchev–Trinajstić information content (AvgIpc) is 2.84. The quantitative estimate of drug-likeness (QED) is 0.775. The van der Waals surface area contributed by atoms with E-state index in [0.29, 0.717) is 6.54 Å². The first-order valence-electron chi connectivity index (χ1n) is 5.96. The first kappa shape index (κ1) is 13.8. The minimum absolute atomic E-state index is 0.109. The van der Waals surface area contributed by atoms with E-state index in [1.165, 1.54) is 7.11 Å². The zero-order chi connectivity index (χ0) is 12.9. The van der Waals surface area contributed by atoms with Gasteiger partial charge in [-0.3, -0.25) is 0 Å². The van der Waals surface area contributed by atoms with Crippen molar-refractivity contribution < 1.29 is 13.9 Å². The fourth-order valence-electron chi connectivity index (χ4n) is 1.48. The van der Waals surface area contributed by atoms with Gasteiger partial charge in [0.15, 0.2) is 0 Å². The predicted octanol–water partition coefficient (Wildman–Crippen LogP) is 2.73. The van der Waals surface area contributed by atoms with Crippen LogP contribution in [0.3, 0.4) is 0 Å². The number of ether oxygens (including phenoxy) is 1. The highest BCUT2D eigenvalue weighted by Gasteiger charge is 2.19. The maximum Gasteiger partial charge on any atom is 0.373 e. The molecule has 0 aliphatic rings. The van der Waals surface area contributed by atoms with E-state index < -0.39 is 5.97 Å².